The minimum Gasteiger partial charge on any atom is -0.508 e. The number of rotatable bonds is 1. The summed E-state index contributed by atoms with van der Waals surface area (Å²) in [4.78, 5) is 0. The molecule has 3 nitrogen and oxygen atoms in total. The second-order valence-electron chi connectivity index (χ2n) is 2.03. The van der Waals surface area contributed by atoms with E-state index in [1.807, 2.05) is 5.87 Å². The number of hydrogen-bond donors (Lipinski definition) is 3. The van der Waals surface area contributed by atoms with Gasteiger partial charge in [-0.1, -0.05) is 0 Å². The van der Waals surface area contributed by atoms with E-state index >= 15 is 0 Å². The van der Waals surface area contributed by atoms with Gasteiger partial charge in [-0.25, -0.2) is 0 Å². The molecule has 0 fully saturated rings. The summed E-state index contributed by atoms with van der Waals surface area (Å²) in [6, 6.07) is 4.15. The molecule has 0 aliphatic heterocycles. The quantitative estimate of drug-likeness (QED) is 0.528. The number of aromatic hydroxyl groups is 2. The number of benzene rings is 1. The third-order valence-corrected chi connectivity index (χ3v) is 1.24. The van der Waals surface area contributed by atoms with Crippen LogP contribution < -0.4 is 0 Å². The number of hydrogen-bond acceptors (Lipinski definition) is 3. The maximum atomic E-state index is 9.11. The molecule has 0 unspecified atom stereocenters. The zero-order chi connectivity index (χ0) is 8.27. The number of nitrogens with one attached hydrogen (secondary N) is 1. The highest BCUT2D eigenvalue weighted by Gasteiger charge is 1.96. The lowest BCUT2D eigenvalue weighted by Crippen LogP contribution is -1.73. The molecule has 0 aliphatic rings. The van der Waals surface area contributed by atoms with Crippen LogP contribution in [-0.2, 0) is 0 Å². The van der Waals surface area contributed by atoms with Crippen LogP contribution in [0.4, 0.5) is 0 Å². The summed E-state index contributed by atoms with van der Waals surface area (Å²) in [5.74, 6) is 1.98. The summed E-state index contributed by atoms with van der Waals surface area (Å²) in [5.41, 5.74) is 0.470. The molecule has 0 atom stereocenters. The van der Waals surface area contributed by atoms with Crippen LogP contribution >= 0.6 is 0 Å². The van der Waals surface area contributed by atoms with Crippen molar-refractivity contribution >= 4 is 11.9 Å². The van der Waals surface area contributed by atoms with E-state index in [-0.39, 0.29) is 11.5 Å². The predicted molar refractivity (Wildman–Crippen MR) is 42.0 cm³/mol. The van der Waals surface area contributed by atoms with Gasteiger partial charge in [-0.15, -0.1) is 0 Å². The molecule has 1 aromatic rings. The molecule has 0 amide bonds. The average molecular weight is 149 g/mol. The Morgan fingerprint density at radius 1 is 1.36 bits per heavy atom. The van der Waals surface area contributed by atoms with Gasteiger partial charge in [0.1, 0.15) is 11.5 Å². The van der Waals surface area contributed by atoms with Crippen LogP contribution in [0.1, 0.15) is 5.56 Å². The number of phenols is 2. The van der Waals surface area contributed by atoms with Crippen molar-refractivity contribution in [3.63, 3.8) is 0 Å². The van der Waals surface area contributed by atoms with E-state index in [4.69, 9.17) is 15.6 Å². The Labute approximate surface area is 63.7 Å². The van der Waals surface area contributed by atoms with Gasteiger partial charge in [-0.2, -0.15) is 0 Å². The molecule has 0 radical (unpaired) electrons. The van der Waals surface area contributed by atoms with E-state index in [1.165, 1.54) is 24.3 Å². The van der Waals surface area contributed by atoms with Crippen molar-refractivity contribution in [2.75, 3.05) is 0 Å². The Morgan fingerprint density at radius 2 is 2.09 bits per heavy atom. The minimum atomic E-state index is -0.0512. The number of phenolic OH excluding ortho intramolecular Hbond substituents is 2. The molecule has 3 heteroatoms. The predicted octanol–water partition coefficient (Wildman–Crippen LogP) is 1.36. The summed E-state index contributed by atoms with van der Waals surface area (Å²) in [6.45, 7) is 0. The van der Waals surface area contributed by atoms with Crippen LogP contribution in [0.2, 0.25) is 0 Å². The molecule has 0 aromatic heterocycles. The maximum absolute atomic E-state index is 9.11. The van der Waals surface area contributed by atoms with Crippen molar-refractivity contribution in [1.29, 1.82) is 5.41 Å². The minimum absolute atomic E-state index is 0.00429. The fourth-order valence-corrected chi connectivity index (χ4v) is 0.732. The first kappa shape index (κ1) is 7.38. The summed E-state index contributed by atoms with van der Waals surface area (Å²) >= 11 is 0. The zero-order valence-electron chi connectivity index (χ0n) is 5.70. The van der Waals surface area contributed by atoms with Crippen LogP contribution in [0.15, 0.2) is 18.2 Å². The van der Waals surface area contributed by atoms with Gasteiger partial charge < -0.3 is 10.2 Å². The molecule has 1 rings (SSSR count). The van der Waals surface area contributed by atoms with Crippen molar-refractivity contribution in [2.24, 2.45) is 0 Å². The first-order valence-corrected chi connectivity index (χ1v) is 3.01. The second kappa shape index (κ2) is 2.90. The molecule has 0 saturated carbocycles. The van der Waals surface area contributed by atoms with Crippen molar-refractivity contribution < 1.29 is 10.2 Å². The summed E-state index contributed by atoms with van der Waals surface area (Å²) < 4.78 is 0. The molecule has 11 heavy (non-hydrogen) atoms. The lowest BCUT2D eigenvalue weighted by atomic mass is 10.2. The van der Waals surface area contributed by atoms with Gasteiger partial charge in [-0.05, 0) is 18.0 Å². The second-order valence-corrected chi connectivity index (χ2v) is 2.03. The molecule has 0 aliphatic carbocycles. The maximum Gasteiger partial charge on any atom is 0.127 e. The van der Waals surface area contributed by atoms with Gasteiger partial charge in [0.15, 0.2) is 0 Å². The Bertz CT molecular complexity index is 314. The zero-order valence-corrected chi connectivity index (χ0v) is 5.70. The van der Waals surface area contributed by atoms with Crippen LogP contribution in [0.5, 0.6) is 11.5 Å². The highest BCUT2D eigenvalue weighted by Crippen LogP contribution is 2.22. The van der Waals surface area contributed by atoms with Gasteiger partial charge in [0, 0.05) is 17.7 Å². The van der Waals surface area contributed by atoms with Gasteiger partial charge in [0.2, 0.25) is 0 Å². The standard InChI is InChI=1S/C8H7NO2/c9-4-3-6-1-2-7(10)5-8(6)11/h1-3,5,9-11H. The summed E-state index contributed by atoms with van der Waals surface area (Å²) in [7, 11) is 0. The van der Waals surface area contributed by atoms with Crippen molar-refractivity contribution in [1.82, 2.24) is 0 Å². The van der Waals surface area contributed by atoms with Gasteiger partial charge in [0.05, 0.1) is 0 Å². The Hall–Kier alpha value is -1.73. The lowest BCUT2D eigenvalue weighted by Gasteiger charge is -1.96. The Morgan fingerprint density at radius 3 is 2.64 bits per heavy atom. The monoisotopic (exact) mass is 149 g/mol. The van der Waals surface area contributed by atoms with Gasteiger partial charge in [0.25, 0.3) is 0 Å². The van der Waals surface area contributed by atoms with E-state index in [1.54, 1.807) is 0 Å². The first-order chi connectivity index (χ1) is 5.24. The molecular weight excluding hydrogens is 142 g/mol. The van der Waals surface area contributed by atoms with Gasteiger partial charge in [-0.3, -0.25) is 5.41 Å². The molecule has 0 saturated heterocycles. The molecular formula is C8H7NO2. The molecule has 0 spiro atoms. The van der Waals surface area contributed by atoms with E-state index in [0.717, 1.165) is 0 Å². The fourth-order valence-electron chi connectivity index (χ4n) is 0.732. The SMILES string of the molecule is N=C=Cc1ccc(O)cc1O. The Balaban J connectivity index is 3.19. The van der Waals surface area contributed by atoms with E-state index in [2.05, 4.69) is 0 Å². The van der Waals surface area contributed by atoms with Crippen molar-refractivity contribution in [3.8, 4) is 11.5 Å². The smallest absolute Gasteiger partial charge is 0.127 e. The van der Waals surface area contributed by atoms with Crippen molar-refractivity contribution in [3.05, 3.63) is 23.8 Å². The van der Waals surface area contributed by atoms with E-state index in [0.29, 0.717) is 5.56 Å². The molecule has 56 valence electrons. The van der Waals surface area contributed by atoms with Crippen LogP contribution in [0, 0.1) is 5.41 Å². The molecule has 0 bridgehead atoms. The highest BCUT2D eigenvalue weighted by atomic mass is 16.3. The third kappa shape index (κ3) is 1.60. The molecule has 3 N–H and O–H groups in total. The first-order valence-electron chi connectivity index (χ1n) is 3.01. The Kier molecular flexibility index (Phi) is 1.95. The van der Waals surface area contributed by atoms with Crippen LogP contribution in [-0.4, -0.2) is 16.1 Å². The third-order valence-electron chi connectivity index (χ3n) is 1.24. The molecule has 1 aromatic carbocycles. The normalized spacial score (nSPS) is 8.73. The summed E-state index contributed by atoms with van der Waals surface area (Å²) in [6.07, 6.45) is 1.31. The largest absolute Gasteiger partial charge is 0.508 e. The van der Waals surface area contributed by atoms with E-state index < -0.39 is 0 Å². The average Bonchev–Trinajstić information content (AvgIpc) is 1.95. The highest BCUT2D eigenvalue weighted by molar-refractivity contribution is 5.78. The van der Waals surface area contributed by atoms with Crippen molar-refractivity contribution in [2.45, 2.75) is 0 Å². The van der Waals surface area contributed by atoms with Crippen LogP contribution in [0.25, 0.3) is 6.08 Å². The fraction of sp³-hybridized carbons (Fsp3) is 0. The topological polar surface area (TPSA) is 64.3 Å². The lowest BCUT2D eigenvalue weighted by molar-refractivity contribution is 0.450. The van der Waals surface area contributed by atoms with E-state index in [9.17, 15) is 0 Å². The molecule has 0 heterocycles. The van der Waals surface area contributed by atoms with Crippen LogP contribution in [0.3, 0.4) is 0 Å². The van der Waals surface area contributed by atoms with Gasteiger partial charge >= 0.3 is 0 Å². The summed E-state index contributed by atoms with van der Waals surface area (Å²) in [5, 5.41) is 24.6.